The summed E-state index contributed by atoms with van der Waals surface area (Å²) in [4.78, 5) is 21.9. The van der Waals surface area contributed by atoms with Crippen molar-refractivity contribution in [1.82, 2.24) is 20.3 Å². The minimum Gasteiger partial charge on any atom is -0.365 e. The quantitative estimate of drug-likeness (QED) is 0.418. The lowest BCUT2D eigenvalue weighted by molar-refractivity contribution is -0.124. The topological polar surface area (TPSA) is 90.4 Å². The zero-order chi connectivity index (χ0) is 18.4. The van der Waals surface area contributed by atoms with E-state index in [2.05, 4.69) is 51.4 Å². The molecular formula is C19H23N5O2. The minimum absolute atomic E-state index is 0.344. The van der Waals surface area contributed by atoms with Crippen LogP contribution in [0, 0.1) is 6.92 Å². The number of nitrogens with one attached hydrogen (secondary N) is 2. The molecule has 1 aliphatic rings. The summed E-state index contributed by atoms with van der Waals surface area (Å²) in [5.74, 6) is 0.115. The predicted octanol–water partition coefficient (Wildman–Crippen LogP) is 1.99. The number of aromatic nitrogens is 2. The number of rotatable bonds is 6. The van der Waals surface area contributed by atoms with Crippen LogP contribution in [-0.4, -0.2) is 45.1 Å². The first-order valence-corrected chi connectivity index (χ1v) is 8.61. The summed E-state index contributed by atoms with van der Waals surface area (Å²) < 4.78 is 0. The molecule has 1 amide bonds. The smallest absolute Gasteiger partial charge is 0.267 e. The van der Waals surface area contributed by atoms with E-state index in [0.717, 1.165) is 31.9 Å². The fourth-order valence-electron chi connectivity index (χ4n) is 2.95. The van der Waals surface area contributed by atoms with Crippen LogP contribution in [0.3, 0.4) is 0 Å². The van der Waals surface area contributed by atoms with Crippen molar-refractivity contribution in [2.45, 2.75) is 25.9 Å². The van der Waals surface area contributed by atoms with Gasteiger partial charge in [0, 0.05) is 31.8 Å². The van der Waals surface area contributed by atoms with Crippen LogP contribution >= 0.6 is 0 Å². The van der Waals surface area contributed by atoms with Crippen molar-refractivity contribution >= 4 is 17.8 Å². The van der Waals surface area contributed by atoms with Gasteiger partial charge in [-0.2, -0.15) is 0 Å². The van der Waals surface area contributed by atoms with E-state index in [1.165, 1.54) is 28.8 Å². The maximum atomic E-state index is 10.9. The number of nitrogens with zero attached hydrogens (tertiary/aromatic N) is 3. The first-order chi connectivity index (χ1) is 12.6. The van der Waals surface area contributed by atoms with Crippen LogP contribution in [0.15, 0.2) is 42.7 Å². The number of carbonyl (C=O) groups is 1. The largest absolute Gasteiger partial charge is 0.365 e. The van der Waals surface area contributed by atoms with Gasteiger partial charge in [-0.15, -0.1) is 0 Å². The third-order valence-corrected chi connectivity index (χ3v) is 4.34. The van der Waals surface area contributed by atoms with Crippen molar-refractivity contribution in [3.05, 3.63) is 59.6 Å². The second kappa shape index (κ2) is 8.55. The Morgan fingerprint density at radius 1 is 1.31 bits per heavy atom. The van der Waals surface area contributed by atoms with E-state index in [1.54, 1.807) is 12.4 Å². The number of aryl methyl sites for hydroxylation is 1. The molecule has 1 aliphatic heterocycles. The van der Waals surface area contributed by atoms with E-state index >= 15 is 0 Å². The van der Waals surface area contributed by atoms with E-state index in [9.17, 15) is 4.79 Å². The van der Waals surface area contributed by atoms with Gasteiger partial charge in [-0.3, -0.25) is 19.9 Å². The van der Waals surface area contributed by atoms with E-state index in [4.69, 9.17) is 5.21 Å². The second-order valence-electron chi connectivity index (χ2n) is 6.49. The molecule has 1 aromatic carbocycles. The molecule has 0 bridgehead atoms. The van der Waals surface area contributed by atoms with Gasteiger partial charge in [-0.25, -0.2) is 10.5 Å². The summed E-state index contributed by atoms with van der Waals surface area (Å²) in [6.07, 6.45) is 6.98. The molecule has 136 valence electrons. The number of benzene rings is 1. The molecule has 2 heterocycles. The van der Waals surface area contributed by atoms with Crippen molar-refractivity contribution in [3.63, 3.8) is 0 Å². The highest BCUT2D eigenvalue weighted by molar-refractivity contribution is 5.90. The van der Waals surface area contributed by atoms with Crippen molar-refractivity contribution in [3.8, 4) is 0 Å². The summed E-state index contributed by atoms with van der Waals surface area (Å²) in [5, 5.41) is 11.9. The van der Waals surface area contributed by atoms with Crippen molar-refractivity contribution in [1.29, 1.82) is 0 Å². The van der Waals surface area contributed by atoms with Gasteiger partial charge in [0.2, 0.25) is 0 Å². The van der Waals surface area contributed by atoms with Crippen molar-refractivity contribution < 1.29 is 10.0 Å². The SMILES string of the molecule is Cc1ccc(CN2CC[C@@H](Nc3cnc(C=CC(=O)NO)cn3)C2)cc1. The average molecular weight is 353 g/mol. The number of hydrogen-bond acceptors (Lipinski definition) is 6. The lowest BCUT2D eigenvalue weighted by Crippen LogP contribution is -2.26. The summed E-state index contributed by atoms with van der Waals surface area (Å²) in [6.45, 7) is 5.08. The monoisotopic (exact) mass is 353 g/mol. The molecule has 26 heavy (non-hydrogen) atoms. The van der Waals surface area contributed by atoms with Gasteiger partial charge in [-0.05, 0) is 25.0 Å². The van der Waals surface area contributed by atoms with E-state index < -0.39 is 5.91 Å². The molecule has 0 spiro atoms. The highest BCUT2D eigenvalue weighted by Gasteiger charge is 2.22. The van der Waals surface area contributed by atoms with E-state index in [0.29, 0.717) is 11.7 Å². The average Bonchev–Trinajstić information content (AvgIpc) is 3.09. The van der Waals surface area contributed by atoms with Gasteiger partial charge in [0.1, 0.15) is 5.82 Å². The standard InChI is InChI=1S/C19H23N5O2/c1-14-2-4-15(5-3-14)12-24-9-8-17(13-24)22-18-11-20-16(10-21-18)6-7-19(25)23-26/h2-7,10-11,17,26H,8-9,12-13H2,1H3,(H,21,22)(H,23,25)/t17-/m1/s1. The highest BCUT2D eigenvalue weighted by Crippen LogP contribution is 2.17. The number of hydrogen-bond donors (Lipinski definition) is 3. The van der Waals surface area contributed by atoms with Crippen molar-refractivity contribution in [2.75, 3.05) is 18.4 Å². The molecule has 0 radical (unpaired) electrons. The van der Waals surface area contributed by atoms with E-state index in [-0.39, 0.29) is 0 Å². The zero-order valence-electron chi connectivity index (χ0n) is 14.7. The Morgan fingerprint density at radius 2 is 2.12 bits per heavy atom. The molecule has 0 aliphatic carbocycles. The van der Waals surface area contributed by atoms with Crippen LogP contribution in [0.25, 0.3) is 6.08 Å². The van der Waals surface area contributed by atoms with Gasteiger partial charge in [0.05, 0.1) is 18.1 Å². The Labute approximate surface area is 152 Å². The molecule has 2 aromatic rings. The molecule has 1 aromatic heterocycles. The first kappa shape index (κ1) is 18.0. The fourth-order valence-corrected chi connectivity index (χ4v) is 2.95. The third-order valence-electron chi connectivity index (χ3n) is 4.34. The maximum Gasteiger partial charge on any atom is 0.267 e. The molecule has 0 saturated carbocycles. The third kappa shape index (κ3) is 5.11. The lowest BCUT2D eigenvalue weighted by atomic mass is 10.1. The molecule has 0 unspecified atom stereocenters. The summed E-state index contributed by atoms with van der Waals surface area (Å²) in [6, 6.07) is 9.01. The molecular weight excluding hydrogens is 330 g/mol. The Bertz CT molecular complexity index is 759. The van der Waals surface area contributed by atoms with Crippen LogP contribution < -0.4 is 10.8 Å². The predicted molar refractivity (Wildman–Crippen MR) is 99.5 cm³/mol. The Morgan fingerprint density at radius 3 is 2.81 bits per heavy atom. The van der Waals surface area contributed by atoms with Gasteiger partial charge in [-0.1, -0.05) is 29.8 Å². The van der Waals surface area contributed by atoms with Gasteiger partial charge < -0.3 is 5.32 Å². The molecule has 7 heteroatoms. The number of likely N-dealkylation sites (tertiary alicyclic amines) is 1. The molecule has 3 rings (SSSR count). The zero-order valence-corrected chi connectivity index (χ0v) is 14.7. The van der Waals surface area contributed by atoms with Gasteiger partial charge >= 0.3 is 0 Å². The number of amides is 1. The van der Waals surface area contributed by atoms with Crippen LogP contribution in [0.5, 0.6) is 0 Å². The van der Waals surface area contributed by atoms with Crippen LogP contribution in [-0.2, 0) is 11.3 Å². The Balaban J connectivity index is 1.49. The summed E-state index contributed by atoms with van der Waals surface area (Å²) in [5.41, 5.74) is 4.69. The fraction of sp³-hybridized carbons (Fsp3) is 0.316. The van der Waals surface area contributed by atoms with E-state index in [1.807, 2.05) is 0 Å². The number of anilines is 1. The summed E-state index contributed by atoms with van der Waals surface area (Å²) >= 11 is 0. The molecule has 1 atom stereocenters. The van der Waals surface area contributed by atoms with Gasteiger partial charge in [0.25, 0.3) is 5.91 Å². The highest BCUT2D eigenvalue weighted by atomic mass is 16.5. The normalized spacial score (nSPS) is 17.5. The second-order valence-corrected chi connectivity index (χ2v) is 6.49. The van der Waals surface area contributed by atoms with Crippen LogP contribution in [0.1, 0.15) is 23.2 Å². The number of hydroxylamine groups is 1. The minimum atomic E-state index is -0.603. The Hall–Kier alpha value is -2.77. The maximum absolute atomic E-state index is 10.9. The molecule has 1 saturated heterocycles. The first-order valence-electron chi connectivity index (χ1n) is 8.61. The molecule has 3 N–H and O–H groups in total. The Kier molecular flexibility index (Phi) is 5.93. The summed E-state index contributed by atoms with van der Waals surface area (Å²) in [7, 11) is 0. The lowest BCUT2D eigenvalue weighted by Gasteiger charge is -2.17. The van der Waals surface area contributed by atoms with Gasteiger partial charge in [0.15, 0.2) is 0 Å². The number of carbonyl (C=O) groups excluding carboxylic acids is 1. The van der Waals surface area contributed by atoms with Crippen LogP contribution in [0.2, 0.25) is 0 Å². The molecule has 1 fully saturated rings. The molecule has 7 nitrogen and oxygen atoms in total. The van der Waals surface area contributed by atoms with Crippen molar-refractivity contribution in [2.24, 2.45) is 0 Å². The van der Waals surface area contributed by atoms with Crippen LogP contribution in [0.4, 0.5) is 5.82 Å².